The van der Waals surface area contributed by atoms with Gasteiger partial charge in [-0.1, -0.05) is 0 Å². The number of nitrogens with zero attached hydrogens (tertiary/aromatic N) is 1. The summed E-state index contributed by atoms with van der Waals surface area (Å²) in [7, 11) is 1.17. The Morgan fingerprint density at radius 1 is 1.64 bits per heavy atom. The minimum atomic E-state index is -0.971. The van der Waals surface area contributed by atoms with E-state index in [1.807, 2.05) is 0 Å². The summed E-state index contributed by atoms with van der Waals surface area (Å²) in [6, 6.07) is 0. The van der Waals surface area contributed by atoms with Crippen LogP contribution in [-0.2, 0) is 9.53 Å². The standard InChI is InChI=1S/C8H8FNO4/c1-14-8(11)5-2-3-7(10(12)13)6(9)4-5/h4H,2-3H2,1H3. The fourth-order valence-electron chi connectivity index (χ4n) is 1.15. The molecule has 0 saturated heterocycles. The molecule has 1 aliphatic carbocycles. The third-order valence-electron chi connectivity index (χ3n) is 1.88. The van der Waals surface area contributed by atoms with Crippen LogP contribution in [0.3, 0.4) is 0 Å². The molecule has 0 aliphatic heterocycles. The van der Waals surface area contributed by atoms with E-state index in [0.29, 0.717) is 0 Å². The summed E-state index contributed by atoms with van der Waals surface area (Å²) in [6.07, 6.45) is 0.906. The average Bonchev–Trinajstić information content (AvgIpc) is 2.15. The summed E-state index contributed by atoms with van der Waals surface area (Å²) in [4.78, 5) is 20.4. The third-order valence-corrected chi connectivity index (χ3v) is 1.88. The summed E-state index contributed by atoms with van der Waals surface area (Å²) < 4.78 is 17.4. The van der Waals surface area contributed by atoms with Gasteiger partial charge in [0.05, 0.1) is 12.0 Å². The van der Waals surface area contributed by atoms with Crippen molar-refractivity contribution in [3.05, 3.63) is 33.3 Å². The molecule has 0 aromatic carbocycles. The zero-order chi connectivity index (χ0) is 10.7. The van der Waals surface area contributed by atoms with Crippen LogP contribution in [-0.4, -0.2) is 18.0 Å². The Balaban J connectivity index is 2.95. The van der Waals surface area contributed by atoms with Crippen LogP contribution >= 0.6 is 0 Å². The first-order chi connectivity index (χ1) is 6.56. The van der Waals surface area contributed by atoms with Crippen molar-refractivity contribution >= 4 is 5.97 Å². The number of halogens is 1. The molecule has 0 saturated carbocycles. The van der Waals surface area contributed by atoms with Gasteiger partial charge in [-0.25, -0.2) is 4.79 Å². The molecule has 0 atom stereocenters. The SMILES string of the molecule is COC(=O)C1=CC(F)=C([N+](=O)[O-])CC1. The van der Waals surface area contributed by atoms with E-state index < -0.39 is 22.4 Å². The predicted octanol–water partition coefficient (Wildman–Crippen LogP) is 1.34. The van der Waals surface area contributed by atoms with E-state index in [9.17, 15) is 19.3 Å². The molecule has 0 heterocycles. The van der Waals surface area contributed by atoms with E-state index >= 15 is 0 Å². The third kappa shape index (κ3) is 1.95. The first kappa shape index (κ1) is 10.4. The smallest absolute Gasteiger partial charge is 0.333 e. The van der Waals surface area contributed by atoms with Gasteiger partial charge in [0, 0.05) is 12.0 Å². The van der Waals surface area contributed by atoms with Crippen molar-refractivity contribution in [1.82, 2.24) is 0 Å². The number of hydrogen-bond acceptors (Lipinski definition) is 4. The number of methoxy groups -OCH3 is 1. The van der Waals surface area contributed by atoms with Crippen molar-refractivity contribution in [2.45, 2.75) is 12.8 Å². The number of rotatable bonds is 2. The van der Waals surface area contributed by atoms with Gasteiger partial charge in [-0.15, -0.1) is 0 Å². The zero-order valence-electron chi connectivity index (χ0n) is 7.45. The van der Waals surface area contributed by atoms with Crippen molar-refractivity contribution in [2.75, 3.05) is 7.11 Å². The van der Waals surface area contributed by atoms with Gasteiger partial charge in [0.1, 0.15) is 0 Å². The Bertz CT molecular complexity index is 345. The number of carbonyl (C=O) groups excluding carboxylic acids is 1. The Labute approximate surface area is 79.0 Å². The van der Waals surface area contributed by atoms with E-state index in [2.05, 4.69) is 4.74 Å². The molecule has 1 aliphatic rings. The van der Waals surface area contributed by atoms with Crippen LogP contribution in [0, 0.1) is 10.1 Å². The summed E-state index contributed by atoms with van der Waals surface area (Å²) in [6.45, 7) is 0. The number of hydrogen-bond donors (Lipinski definition) is 0. The largest absolute Gasteiger partial charge is 0.466 e. The van der Waals surface area contributed by atoms with Gasteiger partial charge < -0.3 is 4.74 Å². The van der Waals surface area contributed by atoms with Crippen molar-refractivity contribution in [1.29, 1.82) is 0 Å². The second-order valence-electron chi connectivity index (χ2n) is 2.71. The first-order valence-corrected chi connectivity index (χ1v) is 3.88. The summed E-state index contributed by atoms with van der Waals surface area (Å²) >= 11 is 0. The second-order valence-corrected chi connectivity index (χ2v) is 2.71. The van der Waals surface area contributed by atoms with E-state index in [1.54, 1.807) is 0 Å². The lowest BCUT2D eigenvalue weighted by Gasteiger charge is -2.08. The number of nitro groups is 1. The Kier molecular flexibility index (Phi) is 2.95. The molecule has 0 aromatic heterocycles. The topological polar surface area (TPSA) is 69.4 Å². The average molecular weight is 201 g/mol. The van der Waals surface area contributed by atoms with Crippen LogP contribution < -0.4 is 0 Å². The molecule has 0 spiro atoms. The zero-order valence-corrected chi connectivity index (χ0v) is 7.45. The maximum atomic E-state index is 13.0. The van der Waals surface area contributed by atoms with E-state index in [4.69, 9.17) is 0 Å². The fraction of sp³-hybridized carbons (Fsp3) is 0.375. The van der Waals surface area contributed by atoms with Gasteiger partial charge in [-0.2, -0.15) is 4.39 Å². The van der Waals surface area contributed by atoms with Crippen molar-refractivity contribution < 1.29 is 18.8 Å². The lowest BCUT2D eigenvalue weighted by Crippen LogP contribution is -2.11. The number of allylic oxidation sites excluding steroid dienone is 3. The Morgan fingerprint density at radius 2 is 2.29 bits per heavy atom. The molecule has 0 bridgehead atoms. The molecule has 0 amide bonds. The molecule has 0 unspecified atom stereocenters. The highest BCUT2D eigenvalue weighted by atomic mass is 19.1. The summed E-state index contributed by atoms with van der Waals surface area (Å²) in [5.74, 6) is -1.62. The van der Waals surface area contributed by atoms with Crippen molar-refractivity contribution in [3.8, 4) is 0 Å². The molecule has 0 N–H and O–H groups in total. The van der Waals surface area contributed by atoms with Crippen LogP contribution in [0.25, 0.3) is 0 Å². The second kappa shape index (κ2) is 3.99. The van der Waals surface area contributed by atoms with Crippen LogP contribution in [0.15, 0.2) is 23.2 Å². The Morgan fingerprint density at radius 3 is 2.71 bits per heavy atom. The molecule has 76 valence electrons. The van der Waals surface area contributed by atoms with Crippen LogP contribution in [0.2, 0.25) is 0 Å². The summed E-state index contributed by atoms with van der Waals surface area (Å²) in [5.41, 5.74) is -0.367. The molecular formula is C8H8FNO4. The fourth-order valence-corrected chi connectivity index (χ4v) is 1.15. The summed E-state index contributed by atoms with van der Waals surface area (Å²) in [5, 5.41) is 10.3. The van der Waals surface area contributed by atoms with Gasteiger partial charge in [0.2, 0.25) is 0 Å². The minimum absolute atomic E-state index is 0.0836. The van der Waals surface area contributed by atoms with Crippen LogP contribution in [0.5, 0.6) is 0 Å². The van der Waals surface area contributed by atoms with E-state index in [1.165, 1.54) is 7.11 Å². The molecule has 6 heteroatoms. The van der Waals surface area contributed by atoms with E-state index in [-0.39, 0.29) is 18.4 Å². The lowest BCUT2D eigenvalue weighted by atomic mass is 10.0. The molecule has 14 heavy (non-hydrogen) atoms. The Hall–Kier alpha value is -1.72. The highest BCUT2D eigenvalue weighted by molar-refractivity contribution is 5.89. The lowest BCUT2D eigenvalue weighted by molar-refractivity contribution is -0.430. The van der Waals surface area contributed by atoms with Gasteiger partial charge >= 0.3 is 5.97 Å². The van der Waals surface area contributed by atoms with Crippen molar-refractivity contribution in [3.63, 3.8) is 0 Å². The van der Waals surface area contributed by atoms with Gasteiger partial charge in [0.25, 0.3) is 5.70 Å². The van der Waals surface area contributed by atoms with Gasteiger partial charge in [0.15, 0.2) is 5.83 Å². The van der Waals surface area contributed by atoms with Gasteiger partial charge in [-0.05, 0) is 12.5 Å². The molecular weight excluding hydrogens is 193 g/mol. The molecule has 0 radical (unpaired) electrons. The maximum Gasteiger partial charge on any atom is 0.333 e. The van der Waals surface area contributed by atoms with Crippen molar-refractivity contribution in [2.24, 2.45) is 0 Å². The molecule has 0 aromatic rings. The van der Waals surface area contributed by atoms with Gasteiger partial charge in [-0.3, -0.25) is 10.1 Å². The predicted molar refractivity (Wildman–Crippen MR) is 44.5 cm³/mol. The maximum absolute atomic E-state index is 13.0. The van der Waals surface area contributed by atoms with Crippen LogP contribution in [0.4, 0.5) is 4.39 Å². The van der Waals surface area contributed by atoms with Crippen LogP contribution in [0.1, 0.15) is 12.8 Å². The molecule has 5 nitrogen and oxygen atoms in total. The normalized spacial score (nSPS) is 16.3. The quantitative estimate of drug-likeness (QED) is 0.384. The highest BCUT2D eigenvalue weighted by Gasteiger charge is 2.25. The monoisotopic (exact) mass is 201 g/mol. The number of ether oxygens (including phenoxy) is 1. The first-order valence-electron chi connectivity index (χ1n) is 3.88. The number of carbonyl (C=O) groups is 1. The molecule has 1 rings (SSSR count). The minimum Gasteiger partial charge on any atom is -0.466 e. The highest BCUT2D eigenvalue weighted by Crippen LogP contribution is 2.25. The van der Waals surface area contributed by atoms with E-state index in [0.717, 1.165) is 6.08 Å². The molecule has 0 fully saturated rings. The number of esters is 1.